The van der Waals surface area contributed by atoms with Gasteiger partial charge >= 0.3 is 0 Å². The molecule has 150 valence electrons. The number of fused-ring (bicyclic) bond motifs is 2. The third-order valence-corrected chi connectivity index (χ3v) is 5.07. The number of rotatable bonds is 6. The van der Waals surface area contributed by atoms with Crippen LogP contribution < -0.4 is 20.2 Å². The molecule has 2 aromatic carbocycles. The molecule has 1 N–H and O–H groups in total. The summed E-state index contributed by atoms with van der Waals surface area (Å²) >= 11 is 0. The fraction of sp³-hybridized carbons (Fsp3) is 0.304. The highest BCUT2D eigenvalue weighted by Crippen LogP contribution is 2.36. The van der Waals surface area contributed by atoms with Crippen molar-refractivity contribution in [2.45, 2.75) is 33.2 Å². The molecule has 0 saturated heterocycles. The normalized spacial score (nSPS) is 15.3. The summed E-state index contributed by atoms with van der Waals surface area (Å²) in [6.07, 6.45) is 0.809. The van der Waals surface area contributed by atoms with Gasteiger partial charge in [0.05, 0.1) is 30.2 Å². The molecular formula is C23H23NO5. The molecule has 1 unspecified atom stereocenters. The van der Waals surface area contributed by atoms with Crippen LogP contribution in [0.4, 0.5) is 0 Å². The zero-order valence-corrected chi connectivity index (χ0v) is 16.7. The van der Waals surface area contributed by atoms with Crippen LogP contribution in [0.15, 0.2) is 45.6 Å². The molecule has 6 heteroatoms. The molecule has 0 fully saturated rings. The first kappa shape index (κ1) is 19.1. The average Bonchev–Trinajstić information content (AvgIpc) is 3.06. The van der Waals surface area contributed by atoms with Gasteiger partial charge < -0.3 is 19.2 Å². The van der Waals surface area contributed by atoms with E-state index in [0.29, 0.717) is 41.2 Å². The van der Waals surface area contributed by atoms with Crippen LogP contribution in [-0.2, 0) is 6.42 Å². The fourth-order valence-corrected chi connectivity index (χ4v) is 3.67. The van der Waals surface area contributed by atoms with E-state index >= 15 is 0 Å². The third kappa shape index (κ3) is 3.24. The Morgan fingerprint density at radius 1 is 0.966 bits per heavy atom. The van der Waals surface area contributed by atoms with Crippen molar-refractivity contribution in [1.29, 1.82) is 0 Å². The molecule has 0 spiro atoms. The van der Waals surface area contributed by atoms with Gasteiger partial charge in [0.1, 0.15) is 5.58 Å². The highest BCUT2D eigenvalue weighted by molar-refractivity contribution is 5.99. The van der Waals surface area contributed by atoms with Gasteiger partial charge in [-0.2, -0.15) is 0 Å². The summed E-state index contributed by atoms with van der Waals surface area (Å²) < 4.78 is 17.1. The minimum atomic E-state index is -0.599. The van der Waals surface area contributed by atoms with Crippen molar-refractivity contribution < 1.29 is 18.7 Å². The minimum Gasteiger partial charge on any atom is -0.490 e. The lowest BCUT2D eigenvalue weighted by molar-refractivity contribution is 0.0938. The van der Waals surface area contributed by atoms with Crippen LogP contribution in [0.2, 0.25) is 0 Å². The highest BCUT2D eigenvalue weighted by atomic mass is 16.5. The summed E-state index contributed by atoms with van der Waals surface area (Å²) in [4.78, 5) is 25.8. The molecule has 2 heterocycles. The van der Waals surface area contributed by atoms with Crippen molar-refractivity contribution in [3.05, 3.63) is 69.1 Å². The van der Waals surface area contributed by atoms with Crippen molar-refractivity contribution in [2.24, 2.45) is 0 Å². The molecule has 1 aliphatic rings. The zero-order valence-electron chi connectivity index (χ0n) is 16.7. The quantitative estimate of drug-likeness (QED) is 0.685. The predicted octanol–water partition coefficient (Wildman–Crippen LogP) is 3.99. The lowest BCUT2D eigenvalue weighted by Crippen LogP contribution is -2.22. The molecule has 29 heavy (non-hydrogen) atoms. The summed E-state index contributed by atoms with van der Waals surface area (Å²) in [5.41, 5.74) is 2.35. The Bertz CT molecular complexity index is 1150. The van der Waals surface area contributed by atoms with Crippen molar-refractivity contribution in [3.63, 3.8) is 0 Å². The van der Waals surface area contributed by atoms with Gasteiger partial charge in [0.25, 0.3) is 5.91 Å². The second kappa shape index (κ2) is 7.62. The Morgan fingerprint density at radius 2 is 1.72 bits per heavy atom. The van der Waals surface area contributed by atoms with Gasteiger partial charge in [-0.15, -0.1) is 0 Å². The second-order valence-electron chi connectivity index (χ2n) is 6.84. The van der Waals surface area contributed by atoms with Crippen LogP contribution in [0.5, 0.6) is 11.5 Å². The van der Waals surface area contributed by atoms with E-state index in [2.05, 4.69) is 5.32 Å². The van der Waals surface area contributed by atoms with E-state index < -0.39 is 11.9 Å². The highest BCUT2D eigenvalue weighted by Gasteiger charge is 2.36. The first-order chi connectivity index (χ1) is 14.1. The molecule has 0 bridgehead atoms. The van der Waals surface area contributed by atoms with Gasteiger partial charge in [-0.25, -0.2) is 0 Å². The number of ether oxygens (including phenoxy) is 2. The Balaban J connectivity index is 1.87. The summed E-state index contributed by atoms with van der Waals surface area (Å²) in [5, 5.41) is 3.36. The van der Waals surface area contributed by atoms with Gasteiger partial charge in [0, 0.05) is 0 Å². The molecule has 0 radical (unpaired) electrons. The van der Waals surface area contributed by atoms with Gasteiger partial charge in [0.2, 0.25) is 5.76 Å². The lowest BCUT2D eigenvalue weighted by atomic mass is 9.98. The summed E-state index contributed by atoms with van der Waals surface area (Å²) in [6.45, 7) is 6.81. The van der Waals surface area contributed by atoms with Gasteiger partial charge in [-0.3, -0.25) is 9.59 Å². The SMILES string of the molecule is CCOc1ccc(C2NC(=O)c3oc4ccc(CC)cc4c(=O)c32)cc1OCC. The number of amides is 1. The molecule has 3 aromatic rings. The van der Waals surface area contributed by atoms with E-state index in [1.54, 1.807) is 18.2 Å². The van der Waals surface area contributed by atoms with Crippen molar-refractivity contribution in [1.82, 2.24) is 5.32 Å². The first-order valence-corrected chi connectivity index (χ1v) is 9.87. The van der Waals surface area contributed by atoms with Crippen LogP contribution in [0.25, 0.3) is 11.0 Å². The van der Waals surface area contributed by atoms with E-state index in [-0.39, 0.29) is 11.2 Å². The smallest absolute Gasteiger partial charge is 0.288 e. The van der Waals surface area contributed by atoms with Crippen LogP contribution in [-0.4, -0.2) is 19.1 Å². The third-order valence-electron chi connectivity index (χ3n) is 5.07. The second-order valence-corrected chi connectivity index (χ2v) is 6.84. The largest absolute Gasteiger partial charge is 0.490 e. The summed E-state index contributed by atoms with van der Waals surface area (Å²) in [6, 6.07) is 10.3. The summed E-state index contributed by atoms with van der Waals surface area (Å²) in [5.74, 6) is 0.882. The molecule has 4 rings (SSSR count). The molecule has 0 saturated carbocycles. The summed E-state index contributed by atoms with van der Waals surface area (Å²) in [7, 11) is 0. The van der Waals surface area contributed by atoms with E-state index in [1.165, 1.54) is 0 Å². The molecular weight excluding hydrogens is 370 g/mol. The maximum Gasteiger partial charge on any atom is 0.288 e. The van der Waals surface area contributed by atoms with E-state index in [0.717, 1.165) is 17.5 Å². The molecule has 1 amide bonds. The number of aryl methyl sites for hydroxylation is 1. The number of carbonyl (C=O) groups is 1. The topological polar surface area (TPSA) is 77.8 Å². The van der Waals surface area contributed by atoms with E-state index in [1.807, 2.05) is 39.0 Å². The van der Waals surface area contributed by atoms with Crippen molar-refractivity contribution in [3.8, 4) is 11.5 Å². The van der Waals surface area contributed by atoms with Gasteiger partial charge in [0.15, 0.2) is 16.9 Å². The number of hydrogen-bond acceptors (Lipinski definition) is 5. The van der Waals surface area contributed by atoms with Crippen LogP contribution in [0, 0.1) is 0 Å². The molecule has 0 aliphatic carbocycles. The fourth-order valence-electron chi connectivity index (χ4n) is 3.67. The molecule has 1 aromatic heterocycles. The molecule has 6 nitrogen and oxygen atoms in total. The molecule has 1 atom stereocenters. The van der Waals surface area contributed by atoms with E-state index in [4.69, 9.17) is 13.9 Å². The predicted molar refractivity (Wildman–Crippen MR) is 110 cm³/mol. The Hall–Kier alpha value is -3.28. The monoisotopic (exact) mass is 393 g/mol. The maximum absolute atomic E-state index is 13.3. The maximum atomic E-state index is 13.3. The lowest BCUT2D eigenvalue weighted by Gasteiger charge is -2.16. The zero-order chi connectivity index (χ0) is 20.5. The Labute approximate surface area is 168 Å². The van der Waals surface area contributed by atoms with Gasteiger partial charge in [-0.05, 0) is 55.7 Å². The number of carbonyl (C=O) groups excluding carboxylic acids is 1. The van der Waals surface area contributed by atoms with Gasteiger partial charge in [-0.1, -0.05) is 19.1 Å². The minimum absolute atomic E-state index is 0.0728. The first-order valence-electron chi connectivity index (χ1n) is 9.87. The van der Waals surface area contributed by atoms with Crippen LogP contribution in [0.3, 0.4) is 0 Å². The van der Waals surface area contributed by atoms with Crippen LogP contribution >= 0.6 is 0 Å². The molecule has 1 aliphatic heterocycles. The number of nitrogens with one attached hydrogen (secondary N) is 1. The van der Waals surface area contributed by atoms with Crippen molar-refractivity contribution >= 4 is 16.9 Å². The number of benzene rings is 2. The Kier molecular flexibility index (Phi) is 5.01. The van der Waals surface area contributed by atoms with Crippen LogP contribution in [0.1, 0.15) is 54.1 Å². The Morgan fingerprint density at radius 3 is 2.45 bits per heavy atom. The average molecular weight is 393 g/mol. The standard InChI is InChI=1S/C23H23NO5/c1-4-13-7-9-16-15(11-13)21(25)19-20(24-23(26)22(19)29-16)14-8-10-17(27-5-2)18(12-14)28-6-3/h7-12,20H,4-6H2,1-3H3,(H,24,26). The number of hydrogen-bond donors (Lipinski definition) is 1. The van der Waals surface area contributed by atoms with Crippen molar-refractivity contribution in [2.75, 3.05) is 13.2 Å². The van der Waals surface area contributed by atoms with E-state index in [9.17, 15) is 9.59 Å².